The molecule has 8 nitrogen and oxygen atoms in total. The fourth-order valence-electron chi connectivity index (χ4n) is 3.88. The molecule has 1 aliphatic rings. The summed E-state index contributed by atoms with van der Waals surface area (Å²) >= 11 is 0. The van der Waals surface area contributed by atoms with Gasteiger partial charge in [-0.3, -0.25) is 4.79 Å². The number of urea groups is 1. The zero-order valence-corrected chi connectivity index (χ0v) is 19.9. The Bertz CT molecular complexity index is 1040. The number of piperidine rings is 1. The largest absolute Gasteiger partial charge is 0.349 e. The molecular formula is C24H32N4O4S. The summed E-state index contributed by atoms with van der Waals surface area (Å²) in [6.45, 7) is 4.44. The minimum Gasteiger partial charge on any atom is -0.349 e. The van der Waals surface area contributed by atoms with Gasteiger partial charge in [0.1, 0.15) is 0 Å². The molecule has 2 aromatic rings. The first-order valence-electron chi connectivity index (χ1n) is 11.3. The number of nitrogens with zero attached hydrogens (tertiary/aromatic N) is 1. The smallest absolute Gasteiger partial charge is 0.323 e. The van der Waals surface area contributed by atoms with Gasteiger partial charge in [-0.25, -0.2) is 17.5 Å². The molecule has 178 valence electrons. The summed E-state index contributed by atoms with van der Waals surface area (Å²) in [6.07, 6.45) is 1.92. The van der Waals surface area contributed by atoms with E-state index < -0.39 is 10.0 Å². The lowest BCUT2D eigenvalue weighted by Gasteiger charge is -2.31. The topological polar surface area (TPSA) is 108 Å². The summed E-state index contributed by atoms with van der Waals surface area (Å²) in [4.78, 5) is 24.9. The molecule has 3 amide bonds. The quantitative estimate of drug-likeness (QED) is 0.540. The van der Waals surface area contributed by atoms with Gasteiger partial charge in [0.2, 0.25) is 15.9 Å². The summed E-state index contributed by atoms with van der Waals surface area (Å²) in [6, 6.07) is 15.8. The standard InChI is InChI=1S/C24H32N4O4S/c1-3-16-33(31,32)28-15-7-8-20(17-28)23(29)25-18(2)19-11-13-22(14-12-19)27-24(30)26-21-9-5-4-6-10-21/h4-6,9-14,18,20H,3,7-8,15-17H2,1-2H3,(H,25,29)(H2,26,27,30). The van der Waals surface area contributed by atoms with Gasteiger partial charge in [0.15, 0.2) is 0 Å². The third-order valence-corrected chi connectivity index (χ3v) is 7.71. The first-order chi connectivity index (χ1) is 15.8. The zero-order valence-electron chi connectivity index (χ0n) is 19.1. The lowest BCUT2D eigenvalue weighted by Crippen LogP contribution is -2.46. The minimum atomic E-state index is -3.30. The molecule has 2 aromatic carbocycles. The van der Waals surface area contributed by atoms with Gasteiger partial charge < -0.3 is 16.0 Å². The second-order valence-corrected chi connectivity index (χ2v) is 10.4. The van der Waals surface area contributed by atoms with Gasteiger partial charge >= 0.3 is 6.03 Å². The van der Waals surface area contributed by atoms with Crippen LogP contribution in [0.5, 0.6) is 0 Å². The van der Waals surface area contributed by atoms with Crippen molar-refractivity contribution in [2.24, 2.45) is 5.92 Å². The molecule has 0 aromatic heterocycles. The monoisotopic (exact) mass is 472 g/mol. The maximum Gasteiger partial charge on any atom is 0.323 e. The van der Waals surface area contributed by atoms with E-state index in [9.17, 15) is 18.0 Å². The Balaban J connectivity index is 1.53. The number of anilines is 2. The number of nitrogens with one attached hydrogen (secondary N) is 3. The molecule has 3 rings (SSSR count). The van der Waals surface area contributed by atoms with E-state index in [0.29, 0.717) is 37.2 Å². The average molecular weight is 473 g/mol. The Hall–Kier alpha value is -2.91. The first kappa shape index (κ1) is 24.7. The van der Waals surface area contributed by atoms with Crippen molar-refractivity contribution in [3.63, 3.8) is 0 Å². The fraction of sp³-hybridized carbons (Fsp3) is 0.417. The number of para-hydroxylation sites is 1. The van der Waals surface area contributed by atoms with Crippen LogP contribution >= 0.6 is 0 Å². The number of sulfonamides is 1. The highest BCUT2D eigenvalue weighted by molar-refractivity contribution is 7.89. The molecule has 0 spiro atoms. The van der Waals surface area contributed by atoms with Crippen LogP contribution in [0.15, 0.2) is 54.6 Å². The summed E-state index contributed by atoms with van der Waals surface area (Å²) in [7, 11) is -3.30. The predicted molar refractivity (Wildman–Crippen MR) is 130 cm³/mol. The third kappa shape index (κ3) is 7.03. The molecule has 1 saturated heterocycles. The summed E-state index contributed by atoms with van der Waals surface area (Å²) in [5, 5.41) is 8.54. The van der Waals surface area contributed by atoms with Crippen LogP contribution < -0.4 is 16.0 Å². The molecule has 2 unspecified atom stereocenters. The molecule has 1 fully saturated rings. The number of hydrogen-bond acceptors (Lipinski definition) is 4. The van der Waals surface area contributed by atoms with Crippen LogP contribution in [0.3, 0.4) is 0 Å². The molecule has 1 aliphatic heterocycles. The van der Waals surface area contributed by atoms with Crippen LogP contribution in [0.25, 0.3) is 0 Å². The lowest BCUT2D eigenvalue weighted by molar-refractivity contribution is -0.126. The Labute approximate surface area is 195 Å². The Morgan fingerprint density at radius 2 is 1.67 bits per heavy atom. The zero-order chi connectivity index (χ0) is 23.8. The van der Waals surface area contributed by atoms with Crippen molar-refractivity contribution in [1.82, 2.24) is 9.62 Å². The fourth-order valence-corrected chi connectivity index (χ4v) is 5.47. The molecule has 9 heteroatoms. The van der Waals surface area contributed by atoms with Crippen LogP contribution in [0.4, 0.5) is 16.2 Å². The molecule has 3 N–H and O–H groups in total. The van der Waals surface area contributed by atoms with Gasteiger partial charge in [0.25, 0.3) is 0 Å². The van der Waals surface area contributed by atoms with Crippen molar-refractivity contribution in [3.8, 4) is 0 Å². The SMILES string of the molecule is CCCS(=O)(=O)N1CCCC(C(=O)NC(C)c2ccc(NC(=O)Nc3ccccc3)cc2)C1. The van der Waals surface area contributed by atoms with Crippen LogP contribution in [0.1, 0.15) is 44.7 Å². The van der Waals surface area contributed by atoms with E-state index in [1.807, 2.05) is 44.2 Å². The van der Waals surface area contributed by atoms with Gasteiger partial charge in [-0.1, -0.05) is 37.3 Å². The van der Waals surface area contributed by atoms with Crippen molar-refractivity contribution in [1.29, 1.82) is 0 Å². The summed E-state index contributed by atoms with van der Waals surface area (Å²) in [5.41, 5.74) is 2.23. The highest BCUT2D eigenvalue weighted by atomic mass is 32.2. The Morgan fingerprint density at radius 3 is 2.30 bits per heavy atom. The van der Waals surface area contributed by atoms with Gasteiger partial charge in [0, 0.05) is 24.5 Å². The number of benzene rings is 2. The number of carbonyl (C=O) groups excluding carboxylic acids is 2. The molecule has 33 heavy (non-hydrogen) atoms. The van der Waals surface area contributed by atoms with Crippen LogP contribution in [0.2, 0.25) is 0 Å². The maximum atomic E-state index is 12.8. The van der Waals surface area contributed by atoms with Crippen LogP contribution in [-0.4, -0.2) is 43.5 Å². The molecule has 0 bridgehead atoms. The average Bonchev–Trinajstić information content (AvgIpc) is 2.80. The van der Waals surface area contributed by atoms with Gasteiger partial charge in [0.05, 0.1) is 17.7 Å². The molecule has 2 atom stereocenters. The highest BCUT2D eigenvalue weighted by Gasteiger charge is 2.32. The number of carbonyl (C=O) groups is 2. The molecule has 1 heterocycles. The predicted octanol–water partition coefficient (Wildman–Crippen LogP) is 3.96. The Morgan fingerprint density at radius 1 is 1.03 bits per heavy atom. The second-order valence-electron chi connectivity index (χ2n) is 8.31. The van der Waals surface area contributed by atoms with E-state index >= 15 is 0 Å². The number of amides is 3. The second kappa shape index (κ2) is 11.3. The van der Waals surface area contributed by atoms with E-state index in [4.69, 9.17) is 0 Å². The maximum absolute atomic E-state index is 12.8. The van der Waals surface area contributed by atoms with Crippen LogP contribution in [-0.2, 0) is 14.8 Å². The van der Waals surface area contributed by atoms with Gasteiger partial charge in [-0.15, -0.1) is 0 Å². The summed E-state index contributed by atoms with van der Waals surface area (Å²) < 4.78 is 26.2. The minimum absolute atomic E-state index is 0.113. The number of hydrogen-bond donors (Lipinski definition) is 3. The van der Waals surface area contributed by atoms with E-state index in [0.717, 1.165) is 5.56 Å². The van der Waals surface area contributed by atoms with Gasteiger partial charge in [-0.2, -0.15) is 0 Å². The third-order valence-electron chi connectivity index (χ3n) is 5.67. The van der Waals surface area contributed by atoms with Gasteiger partial charge in [-0.05, 0) is 56.0 Å². The Kier molecular flexibility index (Phi) is 8.46. The highest BCUT2D eigenvalue weighted by Crippen LogP contribution is 2.22. The van der Waals surface area contributed by atoms with E-state index in [1.165, 1.54) is 4.31 Å². The van der Waals surface area contributed by atoms with E-state index in [-0.39, 0.29) is 36.2 Å². The summed E-state index contributed by atoms with van der Waals surface area (Å²) in [5.74, 6) is -0.375. The molecule has 0 aliphatic carbocycles. The van der Waals surface area contributed by atoms with Crippen molar-refractivity contribution < 1.29 is 18.0 Å². The molecular weight excluding hydrogens is 440 g/mol. The normalized spacial score (nSPS) is 17.7. The van der Waals surface area contributed by atoms with Crippen molar-refractivity contribution in [3.05, 3.63) is 60.2 Å². The van der Waals surface area contributed by atoms with Crippen molar-refractivity contribution >= 4 is 33.3 Å². The lowest BCUT2D eigenvalue weighted by atomic mass is 9.98. The number of rotatable bonds is 8. The molecule has 0 saturated carbocycles. The van der Waals surface area contributed by atoms with E-state index in [1.54, 1.807) is 24.3 Å². The first-order valence-corrected chi connectivity index (χ1v) is 12.9. The van der Waals surface area contributed by atoms with E-state index in [2.05, 4.69) is 16.0 Å². The van der Waals surface area contributed by atoms with Crippen LogP contribution in [0, 0.1) is 5.92 Å². The van der Waals surface area contributed by atoms with Crippen molar-refractivity contribution in [2.45, 2.75) is 39.2 Å². The van der Waals surface area contributed by atoms with Crippen molar-refractivity contribution in [2.75, 3.05) is 29.5 Å². The molecule has 0 radical (unpaired) electrons.